The second-order valence-electron chi connectivity index (χ2n) is 6.42. The first kappa shape index (κ1) is 15.3. The van der Waals surface area contributed by atoms with Gasteiger partial charge in [-0.15, -0.1) is 0 Å². The number of ether oxygens (including phenoxy) is 1. The summed E-state index contributed by atoms with van der Waals surface area (Å²) in [4.78, 5) is 2.62. The molecule has 2 fully saturated rings. The Balaban J connectivity index is 1.80. The topological polar surface area (TPSA) is 24.5 Å². The summed E-state index contributed by atoms with van der Waals surface area (Å²) < 4.78 is 5.88. The first-order valence-corrected chi connectivity index (χ1v) is 8.24. The van der Waals surface area contributed by atoms with E-state index in [9.17, 15) is 0 Å². The summed E-state index contributed by atoms with van der Waals surface area (Å²) in [5.41, 5.74) is 0.339. The lowest BCUT2D eigenvalue weighted by molar-refractivity contribution is -0.126. The van der Waals surface area contributed by atoms with Crippen molar-refractivity contribution in [3.05, 3.63) is 0 Å². The molecule has 0 aromatic carbocycles. The number of hydrogen-bond donors (Lipinski definition) is 1. The van der Waals surface area contributed by atoms with E-state index in [1.165, 1.54) is 38.8 Å². The zero-order chi connectivity index (χ0) is 13.9. The largest absolute Gasteiger partial charge is 0.378 e. The minimum Gasteiger partial charge on any atom is -0.378 e. The molecule has 3 nitrogen and oxygen atoms in total. The molecule has 0 aromatic heterocycles. The van der Waals surface area contributed by atoms with E-state index in [0.29, 0.717) is 17.6 Å². The molecule has 2 rings (SSSR count). The van der Waals surface area contributed by atoms with Crippen LogP contribution in [0.2, 0.25) is 0 Å². The Bertz CT molecular complexity index is 284. The molecule has 1 heterocycles. The molecule has 0 aromatic rings. The lowest BCUT2D eigenvalue weighted by Crippen LogP contribution is -2.63. The maximum Gasteiger partial charge on any atom is 0.0658 e. The summed E-state index contributed by atoms with van der Waals surface area (Å²) >= 11 is 0. The average molecular weight is 268 g/mol. The van der Waals surface area contributed by atoms with E-state index >= 15 is 0 Å². The Morgan fingerprint density at radius 3 is 2.74 bits per heavy atom. The maximum atomic E-state index is 5.88. The summed E-state index contributed by atoms with van der Waals surface area (Å²) in [5, 5.41) is 3.83. The molecule has 1 aliphatic carbocycles. The molecule has 4 unspecified atom stereocenters. The molecule has 112 valence electrons. The zero-order valence-corrected chi connectivity index (χ0v) is 13.2. The van der Waals surface area contributed by atoms with Crippen molar-refractivity contribution in [1.29, 1.82) is 0 Å². The van der Waals surface area contributed by atoms with Crippen LogP contribution in [0.25, 0.3) is 0 Å². The predicted molar refractivity (Wildman–Crippen MR) is 80.5 cm³/mol. The second kappa shape index (κ2) is 6.55. The van der Waals surface area contributed by atoms with Gasteiger partial charge >= 0.3 is 0 Å². The molecule has 0 radical (unpaired) electrons. The van der Waals surface area contributed by atoms with Gasteiger partial charge in [-0.2, -0.15) is 0 Å². The molecular formula is C16H32N2O. The van der Waals surface area contributed by atoms with Crippen LogP contribution < -0.4 is 5.32 Å². The fourth-order valence-electron chi connectivity index (χ4n) is 3.89. The van der Waals surface area contributed by atoms with E-state index < -0.39 is 0 Å². The monoisotopic (exact) mass is 268 g/mol. The van der Waals surface area contributed by atoms with Gasteiger partial charge in [0.15, 0.2) is 0 Å². The first-order valence-electron chi connectivity index (χ1n) is 8.24. The number of nitrogens with one attached hydrogen (secondary N) is 1. The number of hydrogen-bond acceptors (Lipinski definition) is 3. The molecular weight excluding hydrogens is 236 g/mol. The van der Waals surface area contributed by atoms with Crippen LogP contribution in [0, 0.1) is 5.41 Å². The summed E-state index contributed by atoms with van der Waals surface area (Å²) in [7, 11) is 0. The van der Waals surface area contributed by atoms with Crippen LogP contribution >= 0.6 is 0 Å². The lowest BCUT2D eigenvalue weighted by atomic mass is 9.61. The predicted octanol–water partition coefficient (Wildman–Crippen LogP) is 2.65. The third-order valence-corrected chi connectivity index (χ3v) is 5.62. The van der Waals surface area contributed by atoms with Gasteiger partial charge in [-0.1, -0.05) is 20.8 Å². The lowest BCUT2D eigenvalue weighted by Gasteiger charge is -2.54. The van der Waals surface area contributed by atoms with E-state index in [0.717, 1.165) is 19.2 Å². The van der Waals surface area contributed by atoms with Crippen molar-refractivity contribution in [2.75, 3.05) is 26.2 Å². The Kier molecular flexibility index (Phi) is 5.27. The van der Waals surface area contributed by atoms with Crippen molar-refractivity contribution in [2.24, 2.45) is 5.41 Å². The Hall–Kier alpha value is -0.120. The fraction of sp³-hybridized carbons (Fsp3) is 1.00. The number of likely N-dealkylation sites (N-methyl/N-ethyl adjacent to an activating group) is 1. The number of likely N-dealkylation sites (tertiary alicyclic amines) is 1. The van der Waals surface area contributed by atoms with Crippen LogP contribution in [0.3, 0.4) is 0 Å². The van der Waals surface area contributed by atoms with Gasteiger partial charge in [0.2, 0.25) is 0 Å². The Labute approximate surface area is 119 Å². The molecule has 0 bridgehead atoms. The van der Waals surface area contributed by atoms with Crippen molar-refractivity contribution in [1.82, 2.24) is 10.2 Å². The van der Waals surface area contributed by atoms with E-state index in [1.54, 1.807) is 0 Å². The molecule has 1 aliphatic heterocycles. The van der Waals surface area contributed by atoms with Crippen molar-refractivity contribution in [3.8, 4) is 0 Å². The van der Waals surface area contributed by atoms with Gasteiger partial charge in [0.1, 0.15) is 0 Å². The van der Waals surface area contributed by atoms with Crippen LogP contribution in [-0.4, -0.2) is 49.3 Å². The average Bonchev–Trinajstić information content (AvgIpc) is 2.88. The minimum absolute atomic E-state index is 0.339. The Morgan fingerprint density at radius 2 is 2.11 bits per heavy atom. The highest BCUT2D eigenvalue weighted by Gasteiger charge is 2.50. The minimum atomic E-state index is 0.339. The molecule has 2 aliphatic rings. The van der Waals surface area contributed by atoms with Gasteiger partial charge in [0.05, 0.1) is 6.10 Å². The van der Waals surface area contributed by atoms with E-state index in [4.69, 9.17) is 4.74 Å². The molecule has 4 atom stereocenters. The van der Waals surface area contributed by atoms with E-state index in [-0.39, 0.29) is 0 Å². The first-order chi connectivity index (χ1) is 9.15. The summed E-state index contributed by atoms with van der Waals surface area (Å²) in [6, 6.07) is 1.41. The highest BCUT2D eigenvalue weighted by atomic mass is 16.5. The molecule has 1 N–H and O–H groups in total. The summed E-state index contributed by atoms with van der Waals surface area (Å²) in [5.74, 6) is 0. The van der Waals surface area contributed by atoms with Crippen LogP contribution in [0.1, 0.15) is 53.4 Å². The molecule has 1 saturated carbocycles. The third kappa shape index (κ3) is 2.98. The fourth-order valence-corrected chi connectivity index (χ4v) is 3.89. The van der Waals surface area contributed by atoms with Crippen molar-refractivity contribution < 1.29 is 4.74 Å². The van der Waals surface area contributed by atoms with Gasteiger partial charge in [-0.05, 0) is 45.7 Å². The van der Waals surface area contributed by atoms with Crippen molar-refractivity contribution in [3.63, 3.8) is 0 Å². The molecule has 3 heteroatoms. The van der Waals surface area contributed by atoms with E-state index in [2.05, 4.69) is 37.9 Å². The normalized spacial score (nSPS) is 39.5. The molecule has 19 heavy (non-hydrogen) atoms. The maximum absolute atomic E-state index is 5.88. The SMILES string of the molecule is CCOC1CC(NCC2CCCN2CC)C1(C)CC. The van der Waals surface area contributed by atoms with Gasteiger partial charge in [-0.3, -0.25) is 4.90 Å². The van der Waals surface area contributed by atoms with Crippen molar-refractivity contribution in [2.45, 2.75) is 71.6 Å². The number of rotatable bonds is 7. The Morgan fingerprint density at radius 1 is 1.32 bits per heavy atom. The van der Waals surface area contributed by atoms with Gasteiger partial charge in [0.25, 0.3) is 0 Å². The molecule has 0 amide bonds. The van der Waals surface area contributed by atoms with Crippen LogP contribution in [0.5, 0.6) is 0 Å². The van der Waals surface area contributed by atoms with Crippen molar-refractivity contribution >= 4 is 0 Å². The zero-order valence-electron chi connectivity index (χ0n) is 13.2. The van der Waals surface area contributed by atoms with E-state index in [1.807, 2.05) is 0 Å². The van der Waals surface area contributed by atoms with Crippen LogP contribution in [-0.2, 0) is 4.74 Å². The quantitative estimate of drug-likeness (QED) is 0.768. The number of nitrogens with zero attached hydrogens (tertiary/aromatic N) is 1. The smallest absolute Gasteiger partial charge is 0.0658 e. The van der Waals surface area contributed by atoms with Gasteiger partial charge in [0, 0.05) is 30.7 Å². The molecule has 0 spiro atoms. The third-order valence-electron chi connectivity index (χ3n) is 5.62. The van der Waals surface area contributed by atoms with Crippen LogP contribution in [0.15, 0.2) is 0 Å². The summed E-state index contributed by atoms with van der Waals surface area (Å²) in [6.45, 7) is 13.6. The van der Waals surface area contributed by atoms with Gasteiger partial charge < -0.3 is 10.1 Å². The van der Waals surface area contributed by atoms with Gasteiger partial charge in [-0.25, -0.2) is 0 Å². The highest BCUT2D eigenvalue weighted by molar-refractivity contribution is 5.05. The highest BCUT2D eigenvalue weighted by Crippen LogP contribution is 2.45. The second-order valence-corrected chi connectivity index (χ2v) is 6.42. The standard InChI is InChI=1S/C16H32N2O/c1-5-16(4)14(11-15(16)19-7-3)17-12-13-9-8-10-18(13)6-2/h13-15,17H,5-12H2,1-4H3. The molecule has 1 saturated heterocycles. The van der Waals surface area contributed by atoms with Crippen LogP contribution in [0.4, 0.5) is 0 Å². The summed E-state index contributed by atoms with van der Waals surface area (Å²) in [6.07, 6.45) is 5.60.